The maximum atomic E-state index is 13.3. The lowest BCUT2D eigenvalue weighted by Crippen LogP contribution is -2.14. The topological polar surface area (TPSA) is 93.7 Å². The first-order chi connectivity index (χ1) is 15.1. The molecule has 0 radical (unpaired) electrons. The monoisotopic (exact) mass is 482 g/mol. The highest BCUT2D eigenvalue weighted by Crippen LogP contribution is 2.36. The number of amides is 1. The number of sulfonamides is 1. The van der Waals surface area contributed by atoms with Crippen LogP contribution in [0.2, 0.25) is 5.02 Å². The van der Waals surface area contributed by atoms with Crippen LogP contribution in [0, 0.1) is 11.6 Å². The van der Waals surface area contributed by atoms with Crippen molar-refractivity contribution >= 4 is 38.9 Å². The summed E-state index contributed by atoms with van der Waals surface area (Å²) in [5, 5.41) is 2.84. The number of carbonyl (C=O) groups is 1. The fraction of sp³-hybridized carbons (Fsp3) is 0.0952. The van der Waals surface area contributed by atoms with Gasteiger partial charge in [-0.25, -0.2) is 17.2 Å². The summed E-state index contributed by atoms with van der Waals surface area (Å²) < 4.78 is 63.7. The summed E-state index contributed by atoms with van der Waals surface area (Å²) in [6.45, 7) is 0. The van der Waals surface area contributed by atoms with Crippen LogP contribution in [0.1, 0.15) is 10.4 Å². The zero-order chi connectivity index (χ0) is 23.5. The van der Waals surface area contributed by atoms with Crippen LogP contribution in [0.4, 0.5) is 20.2 Å². The van der Waals surface area contributed by atoms with Gasteiger partial charge in [0.2, 0.25) is 0 Å². The number of methoxy groups -OCH3 is 2. The van der Waals surface area contributed by atoms with Gasteiger partial charge in [-0.05, 0) is 54.6 Å². The van der Waals surface area contributed by atoms with Gasteiger partial charge in [-0.3, -0.25) is 9.52 Å². The molecular formula is C21H17ClF2N2O5S. The number of carbonyl (C=O) groups excluding carboxylic acids is 1. The second kappa shape index (κ2) is 9.41. The van der Waals surface area contributed by atoms with Crippen molar-refractivity contribution in [2.75, 3.05) is 24.3 Å². The number of ether oxygens (including phenoxy) is 2. The summed E-state index contributed by atoms with van der Waals surface area (Å²) in [4.78, 5) is 12.1. The molecule has 0 aromatic heterocycles. The molecule has 0 atom stereocenters. The third-order valence-electron chi connectivity index (χ3n) is 4.29. The molecule has 3 aromatic carbocycles. The highest BCUT2D eigenvalue weighted by molar-refractivity contribution is 7.92. The standard InChI is InChI=1S/C21H17ClF2N2O5S/c1-30-19-10-12(9-16(22)20(19)31-2)21(27)25-13-3-5-14(6-4-13)26-32(28,29)15-7-8-17(23)18(24)11-15/h3-11,26H,1-2H3,(H,25,27). The van der Waals surface area contributed by atoms with Crippen LogP contribution in [0.25, 0.3) is 0 Å². The molecule has 3 aromatic rings. The Morgan fingerprint density at radius 2 is 1.56 bits per heavy atom. The van der Waals surface area contributed by atoms with Crippen LogP contribution in [0.3, 0.4) is 0 Å². The van der Waals surface area contributed by atoms with E-state index in [9.17, 15) is 22.0 Å². The Morgan fingerprint density at radius 3 is 2.16 bits per heavy atom. The van der Waals surface area contributed by atoms with E-state index in [1.165, 1.54) is 50.6 Å². The predicted molar refractivity (Wildman–Crippen MR) is 116 cm³/mol. The van der Waals surface area contributed by atoms with Gasteiger partial charge in [0.1, 0.15) is 0 Å². The van der Waals surface area contributed by atoms with Crippen molar-refractivity contribution < 1.29 is 31.5 Å². The number of benzene rings is 3. The molecule has 0 aliphatic heterocycles. The zero-order valence-electron chi connectivity index (χ0n) is 16.8. The van der Waals surface area contributed by atoms with E-state index >= 15 is 0 Å². The van der Waals surface area contributed by atoms with E-state index < -0.39 is 32.5 Å². The first kappa shape index (κ1) is 23.3. The molecule has 0 heterocycles. The molecule has 0 saturated carbocycles. The lowest BCUT2D eigenvalue weighted by molar-refractivity contribution is 0.102. The van der Waals surface area contributed by atoms with E-state index in [1.807, 2.05) is 0 Å². The average Bonchev–Trinajstić information content (AvgIpc) is 2.76. The maximum Gasteiger partial charge on any atom is 0.261 e. The predicted octanol–water partition coefficient (Wildman–Crippen LogP) is 4.69. The summed E-state index contributed by atoms with van der Waals surface area (Å²) in [7, 11) is -1.30. The molecule has 32 heavy (non-hydrogen) atoms. The van der Waals surface area contributed by atoms with E-state index in [0.717, 1.165) is 12.1 Å². The van der Waals surface area contributed by atoms with Crippen LogP contribution >= 0.6 is 11.6 Å². The normalized spacial score (nSPS) is 11.0. The van der Waals surface area contributed by atoms with E-state index in [0.29, 0.717) is 17.5 Å². The first-order valence-electron chi connectivity index (χ1n) is 8.95. The minimum Gasteiger partial charge on any atom is -0.493 e. The number of halogens is 3. The summed E-state index contributed by atoms with van der Waals surface area (Å²) >= 11 is 6.12. The first-order valence-corrected chi connectivity index (χ1v) is 10.8. The summed E-state index contributed by atoms with van der Waals surface area (Å²) in [5.41, 5.74) is 0.745. The van der Waals surface area contributed by atoms with Crippen molar-refractivity contribution in [1.82, 2.24) is 0 Å². The van der Waals surface area contributed by atoms with Crippen molar-refractivity contribution in [3.8, 4) is 11.5 Å². The second-order valence-corrected chi connectivity index (χ2v) is 8.50. The van der Waals surface area contributed by atoms with Gasteiger partial charge in [0.05, 0.1) is 24.1 Å². The smallest absolute Gasteiger partial charge is 0.261 e. The molecule has 7 nitrogen and oxygen atoms in total. The minimum absolute atomic E-state index is 0.155. The van der Waals surface area contributed by atoms with E-state index in [4.69, 9.17) is 21.1 Å². The van der Waals surface area contributed by atoms with Gasteiger partial charge in [0.15, 0.2) is 23.1 Å². The number of anilines is 2. The van der Waals surface area contributed by atoms with Crippen molar-refractivity contribution in [2.24, 2.45) is 0 Å². The van der Waals surface area contributed by atoms with E-state index in [-0.39, 0.29) is 22.0 Å². The Balaban J connectivity index is 1.74. The Kier molecular flexibility index (Phi) is 6.85. The molecule has 168 valence electrons. The molecular weight excluding hydrogens is 466 g/mol. The molecule has 3 rings (SSSR count). The van der Waals surface area contributed by atoms with Crippen LogP contribution < -0.4 is 19.5 Å². The van der Waals surface area contributed by atoms with Crippen LogP contribution in [0.5, 0.6) is 11.5 Å². The van der Waals surface area contributed by atoms with Crippen molar-refractivity contribution in [1.29, 1.82) is 0 Å². The molecule has 0 aliphatic carbocycles. The molecule has 0 fully saturated rings. The molecule has 0 unspecified atom stereocenters. The largest absolute Gasteiger partial charge is 0.493 e. The quantitative estimate of drug-likeness (QED) is 0.509. The van der Waals surface area contributed by atoms with Crippen molar-refractivity contribution in [2.45, 2.75) is 4.90 Å². The molecule has 0 bridgehead atoms. The van der Waals surface area contributed by atoms with Gasteiger partial charge in [-0.15, -0.1) is 0 Å². The van der Waals surface area contributed by atoms with E-state index in [2.05, 4.69) is 10.0 Å². The Bertz CT molecular complexity index is 1270. The summed E-state index contributed by atoms with van der Waals surface area (Å²) in [5.74, 6) is -2.33. The highest BCUT2D eigenvalue weighted by Gasteiger charge is 2.18. The fourth-order valence-corrected chi connectivity index (χ4v) is 4.09. The third kappa shape index (κ3) is 5.09. The Hall–Kier alpha value is -3.37. The number of nitrogens with one attached hydrogen (secondary N) is 2. The van der Waals surface area contributed by atoms with Gasteiger partial charge in [-0.2, -0.15) is 0 Å². The molecule has 2 N–H and O–H groups in total. The number of hydrogen-bond donors (Lipinski definition) is 2. The molecule has 0 saturated heterocycles. The van der Waals surface area contributed by atoms with Crippen LogP contribution in [0.15, 0.2) is 59.5 Å². The lowest BCUT2D eigenvalue weighted by atomic mass is 10.1. The molecule has 0 aliphatic rings. The maximum absolute atomic E-state index is 13.3. The highest BCUT2D eigenvalue weighted by atomic mass is 35.5. The molecule has 11 heteroatoms. The van der Waals surface area contributed by atoms with Gasteiger partial charge >= 0.3 is 0 Å². The van der Waals surface area contributed by atoms with Crippen LogP contribution in [-0.2, 0) is 10.0 Å². The zero-order valence-corrected chi connectivity index (χ0v) is 18.4. The Labute approximate surface area is 188 Å². The average molecular weight is 483 g/mol. The van der Waals surface area contributed by atoms with E-state index in [1.54, 1.807) is 0 Å². The fourth-order valence-electron chi connectivity index (χ4n) is 2.73. The van der Waals surface area contributed by atoms with Gasteiger partial charge in [0.25, 0.3) is 15.9 Å². The van der Waals surface area contributed by atoms with Gasteiger partial charge < -0.3 is 14.8 Å². The van der Waals surface area contributed by atoms with Gasteiger partial charge in [-0.1, -0.05) is 11.6 Å². The van der Waals surface area contributed by atoms with Crippen LogP contribution in [-0.4, -0.2) is 28.5 Å². The van der Waals surface area contributed by atoms with Crippen molar-refractivity contribution in [3.63, 3.8) is 0 Å². The third-order valence-corrected chi connectivity index (χ3v) is 5.95. The van der Waals surface area contributed by atoms with Gasteiger partial charge in [0, 0.05) is 16.9 Å². The number of hydrogen-bond acceptors (Lipinski definition) is 5. The summed E-state index contributed by atoms with van der Waals surface area (Å²) in [6.07, 6.45) is 0. The van der Waals surface area contributed by atoms with Crippen molar-refractivity contribution in [3.05, 3.63) is 76.8 Å². The Morgan fingerprint density at radius 1 is 0.906 bits per heavy atom. The number of rotatable bonds is 7. The SMILES string of the molecule is COc1cc(C(=O)Nc2ccc(NS(=O)(=O)c3ccc(F)c(F)c3)cc2)cc(Cl)c1OC. The molecule has 0 spiro atoms. The second-order valence-electron chi connectivity index (χ2n) is 6.41. The minimum atomic E-state index is -4.14. The molecule has 1 amide bonds. The summed E-state index contributed by atoms with van der Waals surface area (Å²) in [6, 6.07) is 10.9. The lowest BCUT2D eigenvalue weighted by Gasteiger charge is -2.12.